The smallest absolute Gasteiger partial charge is 0.146 e. The summed E-state index contributed by atoms with van der Waals surface area (Å²) in [4.78, 5) is 0. The van der Waals surface area contributed by atoms with Crippen LogP contribution in [0.3, 0.4) is 0 Å². The highest BCUT2D eigenvalue weighted by atomic mass is 16.5. The maximum absolute atomic E-state index is 8.73. The molecule has 0 aromatic carbocycles. The van der Waals surface area contributed by atoms with Crippen LogP contribution in [0.15, 0.2) is 0 Å². The minimum atomic E-state index is -0.122. The van der Waals surface area contributed by atoms with E-state index in [0.29, 0.717) is 11.8 Å². The molecular weight excluding hydrogens is 150 g/mol. The summed E-state index contributed by atoms with van der Waals surface area (Å²) in [5.41, 5.74) is 0. The molecule has 2 nitrogen and oxygen atoms in total. The second-order valence-electron chi connectivity index (χ2n) is 3.94. The van der Waals surface area contributed by atoms with Gasteiger partial charge in [0.2, 0.25) is 0 Å². The third-order valence-electron chi connectivity index (χ3n) is 2.17. The molecule has 0 saturated heterocycles. The normalized spacial score (nSPS) is 19.2. The first-order valence-corrected chi connectivity index (χ1v) is 4.75. The lowest BCUT2D eigenvalue weighted by Gasteiger charge is -2.10. The quantitative estimate of drug-likeness (QED) is 0.629. The van der Waals surface area contributed by atoms with E-state index in [9.17, 15) is 0 Å². The van der Waals surface area contributed by atoms with Crippen molar-refractivity contribution < 1.29 is 4.74 Å². The molecule has 0 aromatic rings. The molecule has 0 aromatic heterocycles. The Morgan fingerprint density at radius 2 is 2.17 bits per heavy atom. The summed E-state index contributed by atoms with van der Waals surface area (Å²) in [5.74, 6) is 1.21. The van der Waals surface area contributed by atoms with Crippen LogP contribution >= 0.6 is 0 Å². The second-order valence-corrected chi connectivity index (χ2v) is 3.94. The Bertz CT molecular complexity index is 167. The Morgan fingerprint density at radius 3 is 2.58 bits per heavy atom. The summed E-state index contributed by atoms with van der Waals surface area (Å²) in [6, 6.07) is 2.22. The standard InChI is InChI=1S/C10H17NO/c1-8(2)5-6-12-10(7-11)9-3-4-9/h8-10H,3-6H2,1-2H3. The lowest BCUT2D eigenvalue weighted by Crippen LogP contribution is -2.14. The van der Waals surface area contributed by atoms with Crippen molar-refractivity contribution >= 4 is 0 Å². The highest BCUT2D eigenvalue weighted by Gasteiger charge is 2.31. The molecule has 1 aliphatic carbocycles. The molecule has 12 heavy (non-hydrogen) atoms. The summed E-state index contributed by atoms with van der Waals surface area (Å²) in [5, 5.41) is 8.73. The van der Waals surface area contributed by atoms with Crippen molar-refractivity contribution in [1.29, 1.82) is 5.26 Å². The van der Waals surface area contributed by atoms with Gasteiger partial charge in [0.25, 0.3) is 0 Å². The van der Waals surface area contributed by atoms with Crippen molar-refractivity contribution in [3.05, 3.63) is 0 Å². The SMILES string of the molecule is CC(C)CCOC(C#N)C1CC1. The first-order chi connectivity index (χ1) is 5.74. The number of rotatable bonds is 5. The van der Waals surface area contributed by atoms with Crippen LogP contribution in [0, 0.1) is 23.2 Å². The van der Waals surface area contributed by atoms with Gasteiger partial charge in [-0.05, 0) is 31.1 Å². The summed E-state index contributed by atoms with van der Waals surface area (Å²) < 4.78 is 5.46. The maximum Gasteiger partial charge on any atom is 0.146 e. The van der Waals surface area contributed by atoms with E-state index >= 15 is 0 Å². The molecule has 1 fully saturated rings. The number of nitrogens with zero attached hydrogens (tertiary/aromatic N) is 1. The number of nitriles is 1. The average molecular weight is 167 g/mol. The highest BCUT2D eigenvalue weighted by Crippen LogP contribution is 2.34. The molecular formula is C10H17NO. The van der Waals surface area contributed by atoms with Gasteiger partial charge in [-0.2, -0.15) is 5.26 Å². The minimum Gasteiger partial charge on any atom is -0.363 e. The summed E-state index contributed by atoms with van der Waals surface area (Å²) in [7, 11) is 0. The van der Waals surface area contributed by atoms with Crippen molar-refractivity contribution in [1.82, 2.24) is 0 Å². The van der Waals surface area contributed by atoms with Crippen LogP contribution < -0.4 is 0 Å². The topological polar surface area (TPSA) is 33.0 Å². The minimum absolute atomic E-state index is 0.122. The summed E-state index contributed by atoms with van der Waals surface area (Å²) >= 11 is 0. The molecule has 0 heterocycles. The van der Waals surface area contributed by atoms with Gasteiger partial charge in [-0.15, -0.1) is 0 Å². The van der Waals surface area contributed by atoms with Gasteiger partial charge in [0.15, 0.2) is 0 Å². The zero-order valence-corrected chi connectivity index (χ0v) is 7.92. The lowest BCUT2D eigenvalue weighted by molar-refractivity contribution is 0.0681. The lowest BCUT2D eigenvalue weighted by atomic mass is 10.1. The zero-order valence-electron chi connectivity index (χ0n) is 7.92. The van der Waals surface area contributed by atoms with Crippen LogP contribution in [0.2, 0.25) is 0 Å². The van der Waals surface area contributed by atoms with Gasteiger partial charge in [0, 0.05) is 6.61 Å². The van der Waals surface area contributed by atoms with E-state index in [1.807, 2.05) is 0 Å². The average Bonchev–Trinajstić information content (AvgIpc) is 2.80. The Balaban J connectivity index is 2.08. The third-order valence-corrected chi connectivity index (χ3v) is 2.17. The molecule has 0 N–H and O–H groups in total. The molecule has 0 spiro atoms. The van der Waals surface area contributed by atoms with E-state index in [0.717, 1.165) is 13.0 Å². The molecule has 1 aliphatic rings. The van der Waals surface area contributed by atoms with E-state index in [-0.39, 0.29) is 6.10 Å². The monoisotopic (exact) mass is 167 g/mol. The largest absolute Gasteiger partial charge is 0.363 e. The van der Waals surface area contributed by atoms with E-state index in [1.165, 1.54) is 12.8 Å². The molecule has 2 heteroatoms. The molecule has 1 unspecified atom stereocenters. The van der Waals surface area contributed by atoms with E-state index in [4.69, 9.17) is 10.00 Å². The highest BCUT2D eigenvalue weighted by molar-refractivity contribution is 4.96. The van der Waals surface area contributed by atoms with Crippen LogP contribution in [-0.2, 0) is 4.74 Å². The molecule has 68 valence electrons. The molecule has 1 rings (SSSR count). The van der Waals surface area contributed by atoms with Gasteiger partial charge in [0.1, 0.15) is 6.10 Å². The van der Waals surface area contributed by atoms with Crippen LogP contribution in [0.25, 0.3) is 0 Å². The fourth-order valence-electron chi connectivity index (χ4n) is 1.11. The Morgan fingerprint density at radius 1 is 1.50 bits per heavy atom. The van der Waals surface area contributed by atoms with Crippen molar-refractivity contribution in [3.8, 4) is 6.07 Å². The van der Waals surface area contributed by atoms with Crippen molar-refractivity contribution in [2.75, 3.05) is 6.61 Å². The van der Waals surface area contributed by atoms with Crippen molar-refractivity contribution in [2.45, 2.75) is 39.2 Å². The Labute approximate surface area is 74.5 Å². The van der Waals surface area contributed by atoms with Gasteiger partial charge in [0.05, 0.1) is 6.07 Å². The zero-order chi connectivity index (χ0) is 8.97. The fraction of sp³-hybridized carbons (Fsp3) is 0.900. The van der Waals surface area contributed by atoms with Crippen LogP contribution in [0.4, 0.5) is 0 Å². The molecule has 0 radical (unpaired) electrons. The van der Waals surface area contributed by atoms with Crippen LogP contribution in [0.5, 0.6) is 0 Å². The van der Waals surface area contributed by atoms with Gasteiger partial charge >= 0.3 is 0 Å². The van der Waals surface area contributed by atoms with Crippen molar-refractivity contribution in [3.63, 3.8) is 0 Å². The Hall–Kier alpha value is -0.550. The van der Waals surface area contributed by atoms with E-state index in [2.05, 4.69) is 19.9 Å². The number of ether oxygens (including phenoxy) is 1. The van der Waals surface area contributed by atoms with Crippen LogP contribution in [-0.4, -0.2) is 12.7 Å². The molecule has 1 atom stereocenters. The van der Waals surface area contributed by atoms with Gasteiger partial charge in [-0.25, -0.2) is 0 Å². The van der Waals surface area contributed by atoms with Crippen molar-refractivity contribution in [2.24, 2.45) is 11.8 Å². The van der Waals surface area contributed by atoms with Crippen LogP contribution in [0.1, 0.15) is 33.1 Å². The number of hydrogen-bond acceptors (Lipinski definition) is 2. The molecule has 0 amide bonds. The van der Waals surface area contributed by atoms with Gasteiger partial charge in [-0.3, -0.25) is 0 Å². The van der Waals surface area contributed by atoms with Gasteiger partial charge < -0.3 is 4.74 Å². The third kappa shape index (κ3) is 3.23. The molecule has 0 aliphatic heterocycles. The second kappa shape index (κ2) is 4.47. The predicted octanol–water partition coefficient (Wildman–Crippen LogP) is 2.35. The number of hydrogen-bond donors (Lipinski definition) is 0. The first kappa shape index (κ1) is 9.54. The first-order valence-electron chi connectivity index (χ1n) is 4.75. The van der Waals surface area contributed by atoms with E-state index in [1.54, 1.807) is 0 Å². The summed E-state index contributed by atoms with van der Waals surface area (Å²) in [6.07, 6.45) is 3.30. The predicted molar refractivity (Wildman–Crippen MR) is 47.5 cm³/mol. The van der Waals surface area contributed by atoms with E-state index < -0.39 is 0 Å². The molecule has 1 saturated carbocycles. The maximum atomic E-state index is 8.73. The Kier molecular flexibility index (Phi) is 3.55. The summed E-state index contributed by atoms with van der Waals surface area (Å²) in [6.45, 7) is 5.08. The molecule has 0 bridgehead atoms. The van der Waals surface area contributed by atoms with Gasteiger partial charge in [-0.1, -0.05) is 13.8 Å². The fourth-order valence-corrected chi connectivity index (χ4v) is 1.11.